The number of hydrogen-bond donors (Lipinski definition) is 1. The standard InChI is InChI=1S/C10H22N2O2/c1-5-14-10(13)6-7-11-8-9(2)12(3)4/h9,11H,5-8H2,1-4H3. The molecule has 0 fully saturated rings. The Bertz CT molecular complexity index is 160. The number of nitrogens with one attached hydrogen (secondary N) is 1. The third-order valence-electron chi connectivity index (χ3n) is 2.13. The summed E-state index contributed by atoms with van der Waals surface area (Å²) in [4.78, 5) is 13.1. The Labute approximate surface area is 86.6 Å². The molecule has 4 heteroatoms. The van der Waals surface area contributed by atoms with E-state index < -0.39 is 0 Å². The molecule has 0 aromatic heterocycles. The van der Waals surface area contributed by atoms with E-state index in [1.54, 1.807) is 0 Å². The third-order valence-corrected chi connectivity index (χ3v) is 2.13. The molecule has 1 N–H and O–H groups in total. The van der Waals surface area contributed by atoms with Crippen molar-refractivity contribution >= 4 is 5.97 Å². The van der Waals surface area contributed by atoms with Crippen LogP contribution >= 0.6 is 0 Å². The number of nitrogens with zero attached hydrogens (tertiary/aromatic N) is 1. The lowest BCUT2D eigenvalue weighted by Gasteiger charge is -2.19. The predicted molar refractivity (Wildman–Crippen MR) is 57.3 cm³/mol. The van der Waals surface area contributed by atoms with Gasteiger partial charge in [0.05, 0.1) is 13.0 Å². The molecule has 0 aromatic carbocycles. The summed E-state index contributed by atoms with van der Waals surface area (Å²) in [5.74, 6) is -0.127. The highest BCUT2D eigenvalue weighted by Crippen LogP contribution is 1.89. The van der Waals surface area contributed by atoms with Gasteiger partial charge >= 0.3 is 5.97 Å². The van der Waals surface area contributed by atoms with E-state index in [1.165, 1.54) is 0 Å². The summed E-state index contributed by atoms with van der Waals surface area (Å²) in [6.45, 7) is 6.01. The van der Waals surface area contributed by atoms with Gasteiger partial charge in [-0.1, -0.05) is 0 Å². The lowest BCUT2D eigenvalue weighted by molar-refractivity contribution is -0.142. The summed E-state index contributed by atoms with van der Waals surface area (Å²) in [5.41, 5.74) is 0. The average Bonchev–Trinajstić information content (AvgIpc) is 2.12. The van der Waals surface area contributed by atoms with Crippen molar-refractivity contribution in [1.29, 1.82) is 0 Å². The van der Waals surface area contributed by atoms with E-state index in [0.717, 1.165) is 6.54 Å². The number of rotatable bonds is 7. The molecule has 1 unspecified atom stereocenters. The molecular weight excluding hydrogens is 180 g/mol. The van der Waals surface area contributed by atoms with E-state index in [0.29, 0.717) is 25.6 Å². The maximum absolute atomic E-state index is 10.9. The summed E-state index contributed by atoms with van der Waals surface area (Å²) in [6, 6.07) is 0.484. The molecule has 0 amide bonds. The highest BCUT2D eigenvalue weighted by Gasteiger charge is 2.04. The van der Waals surface area contributed by atoms with Gasteiger partial charge in [0.15, 0.2) is 0 Å². The minimum atomic E-state index is -0.127. The summed E-state index contributed by atoms with van der Waals surface area (Å²) in [5, 5.41) is 3.21. The Kier molecular flexibility index (Phi) is 7.42. The summed E-state index contributed by atoms with van der Waals surface area (Å²) in [6.07, 6.45) is 0.452. The predicted octanol–water partition coefficient (Wildman–Crippen LogP) is 0.479. The van der Waals surface area contributed by atoms with Crippen molar-refractivity contribution in [1.82, 2.24) is 10.2 Å². The molecule has 14 heavy (non-hydrogen) atoms. The summed E-state index contributed by atoms with van der Waals surface area (Å²) < 4.78 is 4.81. The number of carbonyl (C=O) groups excluding carboxylic acids is 1. The van der Waals surface area contributed by atoms with Crippen LogP contribution in [-0.4, -0.2) is 50.7 Å². The van der Waals surface area contributed by atoms with Crippen molar-refractivity contribution in [2.24, 2.45) is 0 Å². The second kappa shape index (κ2) is 7.76. The summed E-state index contributed by atoms with van der Waals surface area (Å²) >= 11 is 0. The average molecular weight is 202 g/mol. The van der Waals surface area contributed by atoms with E-state index >= 15 is 0 Å². The molecule has 0 spiro atoms. The van der Waals surface area contributed by atoms with Crippen molar-refractivity contribution in [3.05, 3.63) is 0 Å². The van der Waals surface area contributed by atoms with Crippen molar-refractivity contribution in [3.63, 3.8) is 0 Å². The topological polar surface area (TPSA) is 41.6 Å². The maximum Gasteiger partial charge on any atom is 0.307 e. The van der Waals surface area contributed by atoms with E-state index in [-0.39, 0.29) is 5.97 Å². The van der Waals surface area contributed by atoms with Crippen LogP contribution in [0.5, 0.6) is 0 Å². The van der Waals surface area contributed by atoms with Gasteiger partial charge in [-0.2, -0.15) is 0 Å². The molecular formula is C10H22N2O2. The zero-order valence-electron chi connectivity index (χ0n) is 9.67. The largest absolute Gasteiger partial charge is 0.466 e. The van der Waals surface area contributed by atoms with Crippen LogP contribution in [0.4, 0.5) is 0 Å². The van der Waals surface area contributed by atoms with Crippen LogP contribution < -0.4 is 5.32 Å². The van der Waals surface area contributed by atoms with Crippen LogP contribution in [0.3, 0.4) is 0 Å². The lowest BCUT2D eigenvalue weighted by atomic mass is 10.3. The van der Waals surface area contributed by atoms with Crippen molar-refractivity contribution < 1.29 is 9.53 Å². The first-order chi connectivity index (χ1) is 6.57. The van der Waals surface area contributed by atoms with Crippen LogP contribution in [0, 0.1) is 0 Å². The van der Waals surface area contributed by atoms with Crippen LogP contribution in [0.15, 0.2) is 0 Å². The fourth-order valence-electron chi connectivity index (χ4n) is 0.917. The minimum absolute atomic E-state index is 0.127. The fraction of sp³-hybridized carbons (Fsp3) is 0.900. The maximum atomic E-state index is 10.9. The molecule has 0 heterocycles. The van der Waals surface area contributed by atoms with Gasteiger partial charge in [0.1, 0.15) is 0 Å². The molecule has 0 saturated carbocycles. The molecule has 1 atom stereocenters. The zero-order chi connectivity index (χ0) is 11.0. The Morgan fingerprint density at radius 1 is 1.50 bits per heavy atom. The second-order valence-electron chi connectivity index (χ2n) is 3.57. The number of hydrogen-bond acceptors (Lipinski definition) is 4. The van der Waals surface area contributed by atoms with Gasteiger partial charge < -0.3 is 15.0 Å². The number of carbonyl (C=O) groups is 1. The Balaban J connectivity index is 3.33. The number of ether oxygens (including phenoxy) is 1. The molecule has 4 nitrogen and oxygen atoms in total. The van der Waals surface area contributed by atoms with Crippen molar-refractivity contribution in [3.8, 4) is 0 Å². The quantitative estimate of drug-likeness (QED) is 0.481. The van der Waals surface area contributed by atoms with Gasteiger partial charge in [0.25, 0.3) is 0 Å². The van der Waals surface area contributed by atoms with E-state index in [9.17, 15) is 4.79 Å². The monoisotopic (exact) mass is 202 g/mol. The Morgan fingerprint density at radius 2 is 2.14 bits per heavy atom. The first kappa shape index (κ1) is 13.4. The highest BCUT2D eigenvalue weighted by atomic mass is 16.5. The molecule has 0 aromatic rings. The van der Waals surface area contributed by atoms with Crippen molar-refractivity contribution in [2.45, 2.75) is 26.3 Å². The molecule has 0 aliphatic heterocycles. The van der Waals surface area contributed by atoms with Crippen LogP contribution in [0.1, 0.15) is 20.3 Å². The molecule has 84 valence electrons. The van der Waals surface area contributed by atoms with Crippen LogP contribution in [0.25, 0.3) is 0 Å². The second-order valence-corrected chi connectivity index (χ2v) is 3.57. The third kappa shape index (κ3) is 6.86. The van der Waals surface area contributed by atoms with Gasteiger partial charge in [0, 0.05) is 19.1 Å². The molecule has 0 radical (unpaired) electrons. The SMILES string of the molecule is CCOC(=O)CCNCC(C)N(C)C. The minimum Gasteiger partial charge on any atom is -0.466 e. The molecule has 0 aliphatic carbocycles. The smallest absolute Gasteiger partial charge is 0.307 e. The normalized spacial score (nSPS) is 12.9. The van der Waals surface area contributed by atoms with Crippen LogP contribution in [-0.2, 0) is 9.53 Å². The van der Waals surface area contributed by atoms with Gasteiger partial charge in [0.2, 0.25) is 0 Å². The first-order valence-electron chi connectivity index (χ1n) is 5.10. The van der Waals surface area contributed by atoms with Crippen molar-refractivity contribution in [2.75, 3.05) is 33.8 Å². The number of esters is 1. The van der Waals surface area contributed by atoms with Gasteiger partial charge in [-0.15, -0.1) is 0 Å². The lowest BCUT2D eigenvalue weighted by Crippen LogP contribution is -2.36. The van der Waals surface area contributed by atoms with Gasteiger partial charge in [-0.25, -0.2) is 0 Å². The highest BCUT2D eigenvalue weighted by molar-refractivity contribution is 5.69. The Hall–Kier alpha value is -0.610. The van der Waals surface area contributed by atoms with Gasteiger partial charge in [-0.3, -0.25) is 4.79 Å². The zero-order valence-corrected chi connectivity index (χ0v) is 9.67. The van der Waals surface area contributed by atoms with Crippen LogP contribution in [0.2, 0.25) is 0 Å². The fourth-order valence-corrected chi connectivity index (χ4v) is 0.917. The van der Waals surface area contributed by atoms with E-state index in [4.69, 9.17) is 4.74 Å². The molecule has 0 saturated heterocycles. The molecule has 0 rings (SSSR count). The van der Waals surface area contributed by atoms with Gasteiger partial charge in [-0.05, 0) is 27.9 Å². The molecule has 0 bridgehead atoms. The first-order valence-corrected chi connectivity index (χ1v) is 5.10. The van der Waals surface area contributed by atoms with E-state index in [1.807, 2.05) is 21.0 Å². The Morgan fingerprint density at radius 3 is 2.64 bits per heavy atom. The van der Waals surface area contributed by atoms with E-state index in [2.05, 4.69) is 17.1 Å². The summed E-state index contributed by atoms with van der Waals surface area (Å²) in [7, 11) is 4.08. The number of likely N-dealkylation sites (N-methyl/N-ethyl adjacent to an activating group) is 1. The molecule has 0 aliphatic rings.